The SMILES string of the molecule is [B]O[P+]([O-])(OC[C@H]1O[C@@H](n2cnc3c(N)ncnc32)[C@H](OC)[C@@H]1O)OP(=O)(O)OP(=O)(O)O. The Kier molecular flexibility index (Phi) is 7.90. The summed E-state index contributed by atoms with van der Waals surface area (Å²) in [6.07, 6.45) is -2.31. The molecule has 2 aromatic heterocycles. The van der Waals surface area contributed by atoms with Gasteiger partial charge in [0.05, 0.1) is 6.33 Å². The molecular formula is C11H17BN5O13P3. The fourth-order valence-electron chi connectivity index (χ4n) is 2.90. The average Bonchev–Trinajstić information content (AvgIpc) is 3.25. The molecule has 2 unspecified atom stereocenters. The predicted octanol–water partition coefficient (Wildman–Crippen LogP) is -1.94. The van der Waals surface area contributed by atoms with Crippen LogP contribution in [0.5, 0.6) is 0 Å². The molecule has 0 amide bonds. The number of anilines is 1. The molecule has 18 nitrogen and oxygen atoms in total. The van der Waals surface area contributed by atoms with Crippen molar-refractivity contribution < 1.29 is 60.9 Å². The number of fused-ring (bicyclic) bond motifs is 1. The third kappa shape index (κ3) is 6.11. The summed E-state index contributed by atoms with van der Waals surface area (Å²) in [5, 5.41) is 10.5. The molecule has 0 bridgehead atoms. The minimum atomic E-state index is -5.65. The Morgan fingerprint density at radius 3 is 2.64 bits per heavy atom. The van der Waals surface area contributed by atoms with Gasteiger partial charge >= 0.3 is 31.9 Å². The van der Waals surface area contributed by atoms with Crippen LogP contribution in [0.25, 0.3) is 11.2 Å². The summed E-state index contributed by atoms with van der Waals surface area (Å²) < 4.78 is 50.9. The van der Waals surface area contributed by atoms with E-state index in [0.717, 1.165) is 0 Å². The van der Waals surface area contributed by atoms with E-state index in [9.17, 15) is 24.0 Å². The van der Waals surface area contributed by atoms with Gasteiger partial charge in [-0.05, 0) is 0 Å². The van der Waals surface area contributed by atoms with Gasteiger partial charge in [-0.1, -0.05) is 4.31 Å². The summed E-state index contributed by atoms with van der Waals surface area (Å²) >= 11 is 0. The van der Waals surface area contributed by atoms with E-state index >= 15 is 0 Å². The van der Waals surface area contributed by atoms with Gasteiger partial charge in [0.25, 0.3) is 0 Å². The molecule has 2 radical (unpaired) electrons. The fraction of sp³-hybridized carbons (Fsp3) is 0.545. The highest BCUT2D eigenvalue weighted by atomic mass is 31.3. The lowest BCUT2D eigenvalue weighted by atomic mass is 10.1. The lowest BCUT2D eigenvalue weighted by Crippen LogP contribution is -2.35. The Labute approximate surface area is 186 Å². The first-order chi connectivity index (χ1) is 15.3. The number of aromatic nitrogens is 4. The molecule has 0 spiro atoms. The van der Waals surface area contributed by atoms with Crippen molar-refractivity contribution in [3.05, 3.63) is 12.7 Å². The van der Waals surface area contributed by atoms with Gasteiger partial charge in [0.15, 0.2) is 17.7 Å². The maximum Gasteiger partial charge on any atom is 0.519 e. The smallest absolute Gasteiger partial charge is 0.519 e. The molecule has 3 rings (SSSR count). The van der Waals surface area contributed by atoms with Crippen LogP contribution in [0.15, 0.2) is 12.7 Å². The second kappa shape index (κ2) is 9.85. The van der Waals surface area contributed by atoms with Crippen molar-refractivity contribution in [3.63, 3.8) is 0 Å². The number of aliphatic hydroxyl groups is 1. The highest BCUT2D eigenvalue weighted by molar-refractivity contribution is 7.68. The first kappa shape index (κ1) is 26.5. The van der Waals surface area contributed by atoms with Crippen molar-refractivity contribution in [2.45, 2.75) is 24.5 Å². The second-order valence-electron chi connectivity index (χ2n) is 6.31. The molecule has 1 saturated heterocycles. The zero-order valence-electron chi connectivity index (χ0n) is 16.4. The summed E-state index contributed by atoms with van der Waals surface area (Å²) in [7, 11) is -10.3. The van der Waals surface area contributed by atoms with Gasteiger partial charge in [-0.25, -0.2) is 24.1 Å². The second-order valence-corrected chi connectivity index (χ2v) is 10.9. The topological polar surface area (TPSA) is 263 Å². The lowest BCUT2D eigenvalue weighted by molar-refractivity contribution is -0.234. The Morgan fingerprint density at radius 1 is 1.33 bits per heavy atom. The van der Waals surface area contributed by atoms with Gasteiger partial charge in [-0.2, -0.15) is 8.83 Å². The highest BCUT2D eigenvalue weighted by Gasteiger charge is 2.50. The van der Waals surface area contributed by atoms with E-state index in [1.165, 1.54) is 24.3 Å². The monoisotopic (exact) mass is 531 g/mol. The summed E-state index contributed by atoms with van der Waals surface area (Å²) in [6.45, 7) is -0.814. The molecular weight excluding hydrogens is 514 g/mol. The Morgan fingerprint density at radius 2 is 2.03 bits per heavy atom. The normalized spacial score (nSPS) is 27.5. The van der Waals surface area contributed by atoms with Gasteiger partial charge in [-0.3, -0.25) is 13.9 Å². The van der Waals surface area contributed by atoms with E-state index in [2.05, 4.69) is 28.0 Å². The van der Waals surface area contributed by atoms with Crippen molar-refractivity contribution in [1.29, 1.82) is 0 Å². The summed E-state index contributed by atoms with van der Waals surface area (Å²) in [5.74, 6) is 0.0929. The molecule has 3 heterocycles. The standard InChI is InChI=1S/C11H17BN5O13P3/c1-25-8-7(18)5(2-26-33(24,28-12)30-32(22,23)29-31(19,20)21)27-11(8)17-4-16-6-9(13)14-3-15-10(6)17/h3-5,7-8,11,18H,2H2,1H3,(H,22,23)(H2,13,14,15)(H2,19,20,21)/t5-,7-,8-,11-,33?/m1/s1. The van der Waals surface area contributed by atoms with Crippen molar-refractivity contribution in [1.82, 2.24) is 19.5 Å². The number of ether oxygens (including phenoxy) is 2. The van der Waals surface area contributed by atoms with Crippen LogP contribution in [0.4, 0.5) is 5.82 Å². The molecule has 0 aromatic carbocycles. The Balaban J connectivity index is 1.75. The van der Waals surface area contributed by atoms with Crippen LogP contribution in [-0.2, 0) is 36.2 Å². The maximum atomic E-state index is 12.3. The number of nitrogens with two attached hydrogens (primary N) is 1. The van der Waals surface area contributed by atoms with Crippen LogP contribution in [0.2, 0.25) is 0 Å². The van der Waals surface area contributed by atoms with Crippen LogP contribution >= 0.6 is 23.8 Å². The molecule has 33 heavy (non-hydrogen) atoms. The molecule has 182 valence electrons. The molecule has 1 aliphatic heterocycles. The number of hydrogen-bond acceptors (Lipinski definition) is 14. The third-order valence-electron chi connectivity index (χ3n) is 4.18. The number of aliphatic hydroxyl groups excluding tert-OH is 1. The summed E-state index contributed by atoms with van der Waals surface area (Å²) in [6, 6.07) is 0. The zero-order chi connectivity index (χ0) is 24.6. The van der Waals surface area contributed by atoms with Crippen molar-refractivity contribution in [2.75, 3.05) is 19.5 Å². The molecule has 0 aliphatic carbocycles. The molecule has 6 atom stereocenters. The van der Waals surface area contributed by atoms with Gasteiger partial charge in [0.1, 0.15) is 36.8 Å². The third-order valence-corrected chi connectivity index (χ3v) is 8.21. The van der Waals surface area contributed by atoms with Crippen molar-refractivity contribution in [3.8, 4) is 0 Å². The van der Waals surface area contributed by atoms with Crippen molar-refractivity contribution >= 4 is 48.8 Å². The van der Waals surface area contributed by atoms with E-state index in [1.54, 1.807) is 0 Å². The van der Waals surface area contributed by atoms with Gasteiger partial charge in [0, 0.05) is 7.11 Å². The first-order valence-electron chi connectivity index (χ1n) is 8.52. The first-order valence-corrected chi connectivity index (χ1v) is 13.0. The maximum absolute atomic E-state index is 12.3. The average molecular weight is 531 g/mol. The van der Waals surface area contributed by atoms with Crippen molar-refractivity contribution in [2.24, 2.45) is 0 Å². The number of hydrogen-bond donors (Lipinski definition) is 5. The van der Waals surface area contributed by atoms with E-state index in [4.69, 9.17) is 37.6 Å². The number of imidazole rings is 1. The lowest BCUT2D eigenvalue weighted by Gasteiger charge is -2.26. The van der Waals surface area contributed by atoms with Crippen LogP contribution in [0, 0.1) is 0 Å². The van der Waals surface area contributed by atoms with Gasteiger partial charge in [0.2, 0.25) is 0 Å². The van der Waals surface area contributed by atoms with Crippen LogP contribution < -0.4 is 10.6 Å². The van der Waals surface area contributed by atoms with Crippen LogP contribution in [-0.4, -0.2) is 79.4 Å². The quantitative estimate of drug-likeness (QED) is 0.165. The Hall–Kier alpha value is -1.14. The van der Waals surface area contributed by atoms with E-state index in [-0.39, 0.29) is 17.0 Å². The number of rotatable bonds is 10. The summed E-state index contributed by atoms with van der Waals surface area (Å²) in [4.78, 5) is 50.8. The Bertz CT molecular complexity index is 1090. The number of nitrogen functional groups attached to an aromatic ring is 1. The zero-order valence-corrected chi connectivity index (χ0v) is 19.1. The minimum absolute atomic E-state index is 0.0929. The molecule has 22 heteroatoms. The molecule has 2 aromatic rings. The van der Waals surface area contributed by atoms with Gasteiger partial charge < -0.3 is 35.0 Å². The predicted molar refractivity (Wildman–Crippen MR) is 104 cm³/mol. The van der Waals surface area contributed by atoms with E-state index in [1.807, 2.05) is 0 Å². The van der Waals surface area contributed by atoms with Crippen LogP contribution in [0.3, 0.4) is 0 Å². The van der Waals surface area contributed by atoms with E-state index < -0.39 is 55.0 Å². The minimum Gasteiger partial charge on any atom is -0.607 e. The molecule has 1 fully saturated rings. The van der Waals surface area contributed by atoms with E-state index in [0.29, 0.717) is 0 Å². The number of phosphoric acid groups is 3. The summed E-state index contributed by atoms with van der Waals surface area (Å²) in [5.41, 5.74) is 6.25. The fourth-order valence-corrected chi connectivity index (χ4v) is 6.11. The van der Waals surface area contributed by atoms with Crippen LogP contribution in [0.1, 0.15) is 6.23 Å². The number of nitrogens with zero attached hydrogens (tertiary/aromatic N) is 4. The largest absolute Gasteiger partial charge is 0.607 e. The molecule has 1 aliphatic rings. The highest BCUT2D eigenvalue weighted by Crippen LogP contribution is 2.69. The molecule has 0 saturated carbocycles. The van der Waals surface area contributed by atoms with Gasteiger partial charge in [-0.15, -0.1) is 0 Å². The number of methoxy groups -OCH3 is 1. The molecule has 6 N–H and O–H groups in total.